The summed E-state index contributed by atoms with van der Waals surface area (Å²) in [6.45, 7) is 5.90. The van der Waals surface area contributed by atoms with Crippen LogP contribution in [0.15, 0.2) is 24.3 Å². The summed E-state index contributed by atoms with van der Waals surface area (Å²) in [5.74, 6) is 0.646. The van der Waals surface area contributed by atoms with E-state index in [0.717, 1.165) is 48.2 Å². The molecule has 3 N–H and O–H groups in total. The zero-order chi connectivity index (χ0) is 17.1. The molecule has 2 heterocycles. The highest BCUT2D eigenvalue weighted by Gasteiger charge is 2.22. The molecule has 0 radical (unpaired) electrons. The molecule has 128 valence electrons. The minimum absolute atomic E-state index is 0.138. The minimum atomic E-state index is -0.333. The first-order valence-electron chi connectivity index (χ1n) is 8.81. The van der Waals surface area contributed by atoms with Crippen LogP contribution in [-0.4, -0.2) is 30.1 Å². The standard InChI is InChI=1S/C19H26N4O/c1-3-17(20)22-19(24)15-12-14-11-13(2)7-8-16(14)21-18(15)23-9-5-4-6-10-23/h7-8,11-12,17H,3-6,9-10,20H2,1-2H3,(H,22,24). The highest BCUT2D eigenvalue weighted by molar-refractivity contribution is 6.02. The molecule has 1 aliphatic heterocycles. The van der Waals surface area contributed by atoms with Crippen LogP contribution in [0.2, 0.25) is 0 Å². The molecule has 1 atom stereocenters. The largest absolute Gasteiger partial charge is 0.356 e. The van der Waals surface area contributed by atoms with E-state index in [0.29, 0.717) is 12.0 Å². The third-order valence-corrected chi connectivity index (χ3v) is 4.61. The number of hydrogen-bond donors (Lipinski definition) is 2. The van der Waals surface area contributed by atoms with Crippen LogP contribution in [-0.2, 0) is 0 Å². The molecule has 1 fully saturated rings. The second-order valence-electron chi connectivity index (χ2n) is 6.59. The van der Waals surface area contributed by atoms with Gasteiger partial charge in [-0.1, -0.05) is 18.6 Å². The van der Waals surface area contributed by atoms with Crippen LogP contribution in [0, 0.1) is 6.92 Å². The van der Waals surface area contributed by atoms with Crippen LogP contribution >= 0.6 is 0 Å². The Morgan fingerprint density at radius 3 is 2.75 bits per heavy atom. The van der Waals surface area contributed by atoms with E-state index in [1.807, 2.05) is 26.0 Å². The second-order valence-corrected chi connectivity index (χ2v) is 6.59. The fraction of sp³-hybridized carbons (Fsp3) is 0.474. The molecule has 1 amide bonds. The molecule has 0 bridgehead atoms. The van der Waals surface area contributed by atoms with Crippen LogP contribution in [0.25, 0.3) is 10.9 Å². The summed E-state index contributed by atoms with van der Waals surface area (Å²) in [5.41, 5.74) is 8.62. The van der Waals surface area contributed by atoms with E-state index in [9.17, 15) is 4.79 Å². The molecule has 1 aromatic heterocycles. The number of fused-ring (bicyclic) bond motifs is 1. The van der Waals surface area contributed by atoms with Gasteiger partial charge in [0, 0.05) is 18.5 Å². The van der Waals surface area contributed by atoms with E-state index in [1.165, 1.54) is 6.42 Å². The van der Waals surface area contributed by atoms with Crippen molar-refractivity contribution < 1.29 is 4.79 Å². The van der Waals surface area contributed by atoms with Crippen molar-refractivity contribution in [2.24, 2.45) is 5.73 Å². The van der Waals surface area contributed by atoms with Gasteiger partial charge in [-0.3, -0.25) is 4.79 Å². The lowest BCUT2D eigenvalue weighted by Crippen LogP contribution is -2.42. The predicted octanol–water partition coefficient (Wildman–Crippen LogP) is 2.96. The Hall–Kier alpha value is -2.14. The van der Waals surface area contributed by atoms with Gasteiger partial charge in [0.25, 0.3) is 5.91 Å². The SMILES string of the molecule is CCC(N)NC(=O)c1cc2cc(C)ccc2nc1N1CCCCC1. The number of piperidine rings is 1. The van der Waals surface area contributed by atoms with Gasteiger partial charge in [-0.2, -0.15) is 0 Å². The summed E-state index contributed by atoms with van der Waals surface area (Å²) in [6, 6.07) is 8.11. The van der Waals surface area contributed by atoms with Gasteiger partial charge in [0.05, 0.1) is 17.2 Å². The fourth-order valence-corrected chi connectivity index (χ4v) is 3.15. The first kappa shape index (κ1) is 16.7. The number of nitrogens with one attached hydrogen (secondary N) is 1. The Bertz CT molecular complexity index is 737. The van der Waals surface area contributed by atoms with Crippen molar-refractivity contribution in [2.45, 2.75) is 45.7 Å². The number of carbonyl (C=O) groups excluding carboxylic acids is 1. The molecular formula is C19H26N4O. The van der Waals surface area contributed by atoms with Gasteiger partial charge in [-0.25, -0.2) is 4.98 Å². The number of aryl methyl sites for hydroxylation is 1. The molecule has 24 heavy (non-hydrogen) atoms. The van der Waals surface area contributed by atoms with Crippen molar-refractivity contribution in [3.8, 4) is 0 Å². The lowest BCUT2D eigenvalue weighted by atomic mass is 10.1. The number of anilines is 1. The van der Waals surface area contributed by atoms with Crippen molar-refractivity contribution in [1.29, 1.82) is 0 Å². The number of benzene rings is 1. The maximum atomic E-state index is 12.7. The van der Waals surface area contributed by atoms with Crippen LogP contribution in [0.1, 0.15) is 48.5 Å². The van der Waals surface area contributed by atoms with E-state index < -0.39 is 0 Å². The van der Waals surface area contributed by atoms with Crippen LogP contribution < -0.4 is 16.0 Å². The average Bonchev–Trinajstić information content (AvgIpc) is 2.61. The Morgan fingerprint density at radius 1 is 1.29 bits per heavy atom. The molecule has 1 saturated heterocycles. The van der Waals surface area contributed by atoms with Crippen molar-refractivity contribution in [3.05, 3.63) is 35.4 Å². The third-order valence-electron chi connectivity index (χ3n) is 4.61. The summed E-state index contributed by atoms with van der Waals surface area (Å²) in [5, 5.41) is 3.87. The lowest BCUT2D eigenvalue weighted by molar-refractivity contribution is 0.0937. The number of amides is 1. The molecular weight excluding hydrogens is 300 g/mol. The Morgan fingerprint density at radius 2 is 2.04 bits per heavy atom. The molecule has 0 saturated carbocycles. The van der Waals surface area contributed by atoms with Gasteiger partial charge in [-0.15, -0.1) is 0 Å². The smallest absolute Gasteiger partial charge is 0.256 e. The number of pyridine rings is 1. The first-order chi connectivity index (χ1) is 11.6. The van der Waals surface area contributed by atoms with Gasteiger partial charge < -0.3 is 16.0 Å². The lowest BCUT2D eigenvalue weighted by Gasteiger charge is -2.29. The molecule has 2 aromatic rings. The normalized spacial score (nSPS) is 16.2. The van der Waals surface area contributed by atoms with Crippen molar-refractivity contribution in [1.82, 2.24) is 10.3 Å². The third kappa shape index (κ3) is 3.51. The van der Waals surface area contributed by atoms with E-state index >= 15 is 0 Å². The van der Waals surface area contributed by atoms with E-state index in [2.05, 4.69) is 22.3 Å². The summed E-state index contributed by atoms with van der Waals surface area (Å²) in [4.78, 5) is 19.8. The van der Waals surface area contributed by atoms with E-state index in [-0.39, 0.29) is 12.1 Å². The van der Waals surface area contributed by atoms with Gasteiger partial charge in [0.1, 0.15) is 5.82 Å². The number of aromatic nitrogens is 1. The number of hydrogen-bond acceptors (Lipinski definition) is 4. The number of carbonyl (C=O) groups is 1. The molecule has 1 aliphatic rings. The monoisotopic (exact) mass is 326 g/mol. The van der Waals surface area contributed by atoms with Crippen molar-refractivity contribution >= 4 is 22.6 Å². The maximum absolute atomic E-state index is 12.7. The van der Waals surface area contributed by atoms with Gasteiger partial charge in [0.2, 0.25) is 0 Å². The Labute approximate surface area is 143 Å². The second kappa shape index (κ2) is 7.18. The highest BCUT2D eigenvalue weighted by atomic mass is 16.1. The Balaban J connectivity index is 2.06. The van der Waals surface area contributed by atoms with Crippen LogP contribution in [0.5, 0.6) is 0 Å². The summed E-state index contributed by atoms with van der Waals surface area (Å²) in [6.07, 6.45) is 3.89. The number of rotatable bonds is 4. The first-order valence-corrected chi connectivity index (χ1v) is 8.81. The fourth-order valence-electron chi connectivity index (χ4n) is 3.15. The molecule has 1 unspecified atom stereocenters. The maximum Gasteiger partial charge on any atom is 0.256 e. The number of nitrogens with zero attached hydrogens (tertiary/aromatic N) is 2. The Kier molecular flexibility index (Phi) is 5.00. The summed E-state index contributed by atoms with van der Waals surface area (Å²) < 4.78 is 0. The topological polar surface area (TPSA) is 71.2 Å². The van der Waals surface area contributed by atoms with Crippen LogP contribution in [0.4, 0.5) is 5.82 Å². The quantitative estimate of drug-likeness (QED) is 0.848. The van der Waals surface area contributed by atoms with E-state index in [1.54, 1.807) is 0 Å². The average molecular weight is 326 g/mol. The summed E-state index contributed by atoms with van der Waals surface area (Å²) >= 11 is 0. The van der Waals surface area contributed by atoms with Crippen molar-refractivity contribution in [3.63, 3.8) is 0 Å². The molecule has 1 aromatic carbocycles. The molecule has 0 spiro atoms. The minimum Gasteiger partial charge on any atom is -0.356 e. The van der Waals surface area contributed by atoms with Gasteiger partial charge in [-0.05, 0) is 50.8 Å². The summed E-state index contributed by atoms with van der Waals surface area (Å²) in [7, 11) is 0. The molecule has 0 aliphatic carbocycles. The highest BCUT2D eigenvalue weighted by Crippen LogP contribution is 2.27. The van der Waals surface area contributed by atoms with Crippen LogP contribution in [0.3, 0.4) is 0 Å². The van der Waals surface area contributed by atoms with E-state index in [4.69, 9.17) is 10.7 Å². The van der Waals surface area contributed by atoms with Gasteiger partial charge in [0.15, 0.2) is 0 Å². The van der Waals surface area contributed by atoms with Crippen molar-refractivity contribution in [2.75, 3.05) is 18.0 Å². The molecule has 3 rings (SSSR count). The molecule has 5 nitrogen and oxygen atoms in total. The number of nitrogens with two attached hydrogens (primary N) is 1. The van der Waals surface area contributed by atoms with Gasteiger partial charge >= 0.3 is 0 Å². The molecule has 5 heteroatoms. The zero-order valence-corrected chi connectivity index (χ0v) is 14.5. The zero-order valence-electron chi connectivity index (χ0n) is 14.5. The predicted molar refractivity (Wildman–Crippen MR) is 98.3 cm³/mol.